The van der Waals surface area contributed by atoms with Crippen LogP contribution in [0.5, 0.6) is 0 Å². The van der Waals surface area contributed by atoms with E-state index in [4.69, 9.17) is 32.9 Å². The Kier molecular flexibility index (Phi) is 6.04. The molecule has 1 saturated heterocycles. The van der Waals surface area contributed by atoms with E-state index < -0.39 is 5.60 Å². The number of aromatic nitrogens is 2. The lowest BCUT2D eigenvalue weighted by Gasteiger charge is -2.24. The molecule has 0 radical (unpaired) electrons. The number of rotatable bonds is 4. The molecule has 0 unspecified atom stereocenters. The summed E-state index contributed by atoms with van der Waals surface area (Å²) in [6, 6.07) is 13.5. The van der Waals surface area contributed by atoms with Gasteiger partial charge in [0.25, 0.3) is 0 Å². The molecule has 8 heteroatoms. The molecular weight excluding hydrogens is 435 g/mol. The third kappa shape index (κ3) is 5.08. The Bertz CT molecular complexity index is 1110. The minimum atomic E-state index is -0.507. The molecule has 3 aromatic rings. The van der Waals surface area contributed by atoms with Crippen molar-refractivity contribution in [1.29, 1.82) is 0 Å². The van der Waals surface area contributed by atoms with Gasteiger partial charge >= 0.3 is 6.09 Å². The molecule has 1 amide bonds. The molecule has 1 N–H and O–H groups in total. The molecular formula is C23H26Cl2N4O2. The molecule has 1 aliphatic heterocycles. The first-order valence-electron chi connectivity index (χ1n) is 10.3. The number of benzene rings is 2. The minimum Gasteiger partial charge on any atom is -0.444 e. The van der Waals surface area contributed by atoms with Gasteiger partial charge in [-0.15, -0.1) is 0 Å². The van der Waals surface area contributed by atoms with Crippen LogP contribution in [0.25, 0.3) is 11.0 Å². The highest BCUT2D eigenvalue weighted by molar-refractivity contribution is 6.33. The second-order valence-corrected chi connectivity index (χ2v) is 9.65. The first kappa shape index (κ1) is 21.8. The minimum absolute atomic E-state index is 0.0814. The van der Waals surface area contributed by atoms with Gasteiger partial charge in [0.2, 0.25) is 5.95 Å². The van der Waals surface area contributed by atoms with Crippen molar-refractivity contribution in [2.24, 2.45) is 0 Å². The van der Waals surface area contributed by atoms with Crippen molar-refractivity contribution in [2.75, 3.05) is 18.4 Å². The number of nitrogens with one attached hydrogen (secondary N) is 1. The summed E-state index contributed by atoms with van der Waals surface area (Å²) < 4.78 is 7.61. The zero-order chi connectivity index (χ0) is 22.2. The van der Waals surface area contributed by atoms with E-state index >= 15 is 0 Å². The van der Waals surface area contributed by atoms with Crippen LogP contribution in [0, 0.1) is 0 Å². The van der Waals surface area contributed by atoms with Crippen molar-refractivity contribution >= 4 is 46.3 Å². The van der Waals surface area contributed by atoms with Gasteiger partial charge in [-0.1, -0.05) is 35.3 Å². The van der Waals surface area contributed by atoms with Gasteiger partial charge in [0.05, 0.1) is 17.6 Å². The molecule has 2 aromatic carbocycles. The Balaban J connectivity index is 1.56. The fourth-order valence-electron chi connectivity index (χ4n) is 3.73. The number of amides is 1. The van der Waals surface area contributed by atoms with Crippen LogP contribution in [0.2, 0.25) is 10.0 Å². The molecule has 1 fully saturated rings. The van der Waals surface area contributed by atoms with Gasteiger partial charge in [-0.3, -0.25) is 0 Å². The molecule has 164 valence electrons. The molecule has 0 aliphatic carbocycles. The number of ether oxygens (including phenoxy) is 1. The molecule has 6 nitrogen and oxygen atoms in total. The number of carbonyl (C=O) groups is 1. The van der Waals surface area contributed by atoms with Gasteiger partial charge in [-0.05, 0) is 63.1 Å². The summed E-state index contributed by atoms with van der Waals surface area (Å²) in [5.74, 6) is 0.744. The average molecular weight is 461 g/mol. The van der Waals surface area contributed by atoms with E-state index in [1.165, 1.54) is 0 Å². The van der Waals surface area contributed by atoms with Gasteiger partial charge in [0, 0.05) is 29.2 Å². The third-order valence-corrected chi connectivity index (χ3v) is 5.77. The van der Waals surface area contributed by atoms with Gasteiger partial charge in [-0.2, -0.15) is 0 Å². The van der Waals surface area contributed by atoms with Crippen LogP contribution in [0.4, 0.5) is 10.7 Å². The second kappa shape index (κ2) is 8.60. The second-order valence-electron chi connectivity index (χ2n) is 8.80. The van der Waals surface area contributed by atoms with Crippen molar-refractivity contribution in [3.05, 3.63) is 58.1 Å². The summed E-state index contributed by atoms with van der Waals surface area (Å²) in [6.07, 6.45) is 0.538. The highest BCUT2D eigenvalue weighted by atomic mass is 35.5. The van der Waals surface area contributed by atoms with E-state index in [2.05, 4.69) is 9.88 Å². The molecule has 0 saturated carbocycles. The number of fused-ring (bicyclic) bond motifs is 1. The van der Waals surface area contributed by atoms with Crippen LogP contribution in [-0.2, 0) is 11.3 Å². The summed E-state index contributed by atoms with van der Waals surface area (Å²) in [4.78, 5) is 18.9. The summed E-state index contributed by atoms with van der Waals surface area (Å²) in [6.45, 7) is 7.37. The Morgan fingerprint density at radius 3 is 2.77 bits per heavy atom. The van der Waals surface area contributed by atoms with Crippen LogP contribution < -0.4 is 5.32 Å². The number of halogens is 2. The Morgan fingerprint density at radius 1 is 1.23 bits per heavy atom. The zero-order valence-corrected chi connectivity index (χ0v) is 19.4. The molecule has 31 heavy (non-hydrogen) atoms. The first-order valence-corrected chi connectivity index (χ1v) is 11.1. The van der Waals surface area contributed by atoms with E-state index in [9.17, 15) is 4.79 Å². The van der Waals surface area contributed by atoms with Crippen molar-refractivity contribution in [1.82, 2.24) is 14.5 Å². The predicted molar refractivity (Wildman–Crippen MR) is 125 cm³/mol. The lowest BCUT2D eigenvalue weighted by molar-refractivity contribution is 0.0293. The van der Waals surface area contributed by atoms with Crippen LogP contribution in [0.3, 0.4) is 0 Å². The smallest absolute Gasteiger partial charge is 0.410 e. The largest absolute Gasteiger partial charge is 0.444 e. The molecule has 1 aliphatic rings. The lowest BCUT2D eigenvalue weighted by atomic mass is 10.2. The summed E-state index contributed by atoms with van der Waals surface area (Å²) >= 11 is 12.6. The summed E-state index contributed by atoms with van der Waals surface area (Å²) in [7, 11) is 0. The van der Waals surface area contributed by atoms with E-state index in [-0.39, 0.29) is 12.1 Å². The maximum Gasteiger partial charge on any atom is 0.410 e. The summed E-state index contributed by atoms with van der Waals surface area (Å²) in [5, 5.41) is 4.83. The van der Waals surface area contributed by atoms with Gasteiger partial charge in [0.15, 0.2) is 0 Å². The highest BCUT2D eigenvalue weighted by Gasteiger charge is 2.30. The lowest BCUT2D eigenvalue weighted by Crippen LogP contribution is -2.36. The number of imidazole rings is 1. The maximum absolute atomic E-state index is 12.4. The van der Waals surface area contributed by atoms with E-state index in [0.29, 0.717) is 29.7 Å². The zero-order valence-electron chi connectivity index (χ0n) is 17.9. The quantitative estimate of drug-likeness (QED) is 0.533. The number of hydrogen-bond acceptors (Lipinski definition) is 4. The fraction of sp³-hybridized carbons (Fsp3) is 0.391. The molecule has 1 atom stereocenters. The Hall–Kier alpha value is -2.44. The monoisotopic (exact) mass is 460 g/mol. The van der Waals surface area contributed by atoms with E-state index in [1.807, 2.05) is 51.1 Å². The number of likely N-dealkylation sites (tertiary alicyclic amines) is 1. The van der Waals surface area contributed by atoms with Gasteiger partial charge in [-0.25, -0.2) is 9.78 Å². The van der Waals surface area contributed by atoms with Gasteiger partial charge in [0.1, 0.15) is 5.60 Å². The maximum atomic E-state index is 12.4. The number of nitrogens with zero attached hydrogens (tertiary/aromatic N) is 3. The first-order chi connectivity index (χ1) is 14.7. The fourth-order valence-corrected chi connectivity index (χ4v) is 4.11. The highest BCUT2D eigenvalue weighted by Crippen LogP contribution is 2.27. The molecule has 0 bridgehead atoms. The third-order valence-electron chi connectivity index (χ3n) is 5.16. The SMILES string of the molecule is CC(C)(C)OC(=O)N1CC[C@H](Nc2nc3ccccc3n2Cc2cc(Cl)ccc2Cl)C1. The molecule has 1 aromatic heterocycles. The summed E-state index contributed by atoms with van der Waals surface area (Å²) in [5.41, 5.74) is 2.31. The van der Waals surface area contributed by atoms with Crippen LogP contribution in [0.15, 0.2) is 42.5 Å². The predicted octanol–water partition coefficient (Wildman–Crippen LogP) is 5.81. The topological polar surface area (TPSA) is 59.4 Å². The normalized spacial score (nSPS) is 16.7. The number of hydrogen-bond donors (Lipinski definition) is 1. The molecule has 2 heterocycles. The van der Waals surface area contributed by atoms with E-state index in [1.54, 1.807) is 17.0 Å². The van der Waals surface area contributed by atoms with E-state index in [0.717, 1.165) is 29.0 Å². The molecule has 4 rings (SSSR count). The van der Waals surface area contributed by atoms with Crippen LogP contribution in [-0.4, -0.2) is 45.3 Å². The van der Waals surface area contributed by atoms with Crippen molar-refractivity contribution in [3.8, 4) is 0 Å². The van der Waals surface area contributed by atoms with Crippen molar-refractivity contribution < 1.29 is 9.53 Å². The number of para-hydroxylation sites is 2. The standard InChI is InChI=1S/C23H26Cl2N4O2/c1-23(2,3)31-22(30)28-11-10-17(14-28)26-21-27-19-6-4-5-7-20(19)29(21)13-15-12-16(24)8-9-18(15)25/h4-9,12,17H,10-11,13-14H2,1-3H3,(H,26,27)/t17-/m0/s1. The Morgan fingerprint density at radius 2 is 2.00 bits per heavy atom. The van der Waals surface area contributed by atoms with Crippen molar-refractivity contribution in [2.45, 2.75) is 45.4 Å². The average Bonchev–Trinajstić information content (AvgIpc) is 3.29. The number of carbonyl (C=O) groups excluding carboxylic acids is 1. The van der Waals surface area contributed by atoms with Crippen molar-refractivity contribution in [3.63, 3.8) is 0 Å². The number of anilines is 1. The van der Waals surface area contributed by atoms with Crippen LogP contribution >= 0.6 is 23.2 Å². The van der Waals surface area contributed by atoms with Gasteiger partial charge < -0.3 is 19.5 Å². The van der Waals surface area contributed by atoms with Crippen LogP contribution in [0.1, 0.15) is 32.8 Å². The molecule has 0 spiro atoms. The Labute approximate surface area is 192 Å².